The summed E-state index contributed by atoms with van der Waals surface area (Å²) >= 11 is 0. The second kappa shape index (κ2) is 20.0. The van der Waals surface area contributed by atoms with Gasteiger partial charge < -0.3 is 10.2 Å². The van der Waals surface area contributed by atoms with E-state index in [1.807, 2.05) is 0 Å². The Balaban J connectivity index is 3.32. The maximum atomic E-state index is 11.7. The normalized spacial score (nSPS) is 13.2. The van der Waals surface area contributed by atoms with Crippen LogP contribution in [0, 0.1) is 0 Å². The number of carbonyl (C=O) groups is 1. The number of nitrogens with one attached hydrogen (secondary N) is 1. The molecule has 0 amide bonds. The lowest BCUT2D eigenvalue weighted by atomic mass is 10.1. The molecule has 1 unspecified atom stereocenters. The van der Waals surface area contributed by atoms with Crippen molar-refractivity contribution in [2.75, 3.05) is 12.8 Å². The van der Waals surface area contributed by atoms with E-state index >= 15 is 0 Å². The first-order valence-corrected chi connectivity index (χ1v) is 12.3. The van der Waals surface area contributed by atoms with E-state index in [2.05, 4.69) is 24.2 Å². The first-order chi connectivity index (χ1) is 13.1. The van der Waals surface area contributed by atoms with E-state index in [1.54, 1.807) is 0 Å². The van der Waals surface area contributed by atoms with Crippen molar-refractivity contribution < 1.29 is 19.6 Å². The molecule has 27 heavy (non-hydrogen) atoms. The molecule has 0 saturated heterocycles. The Kier molecular flexibility index (Phi) is 19.4. The average molecular weight is 403 g/mol. The SMILES string of the molecule is CCCCCCC=CCCCCCCCCCC[P+](=O)N[C@@H](CO)C(=O)O. The summed E-state index contributed by atoms with van der Waals surface area (Å²) in [7, 11) is -1.75. The number of unbranched alkanes of at least 4 members (excludes halogenated alkanes) is 12. The largest absolute Gasteiger partial charge is 0.480 e. The molecule has 2 atom stereocenters. The molecular weight excluding hydrogens is 361 g/mol. The molecule has 6 heteroatoms. The molecule has 0 spiro atoms. The highest BCUT2D eigenvalue weighted by Crippen LogP contribution is 2.19. The standard InChI is InChI=1S/C21H40NO4P/c1-2-3-4-5-6-7-8-9-10-11-12-13-14-15-16-17-18-27(26)22-20(19-23)21(24)25/h7-8,20,23H,2-6,9-19H2,1H3,(H-,22,24,25,26)/p+1/t20-/m0/s1. The highest BCUT2D eigenvalue weighted by molar-refractivity contribution is 7.42. The van der Waals surface area contributed by atoms with Gasteiger partial charge in [0.25, 0.3) is 0 Å². The molecule has 158 valence electrons. The van der Waals surface area contributed by atoms with Gasteiger partial charge in [-0.05, 0) is 38.5 Å². The average Bonchev–Trinajstić information content (AvgIpc) is 2.65. The molecule has 0 radical (unpaired) electrons. The third-order valence-corrected chi connectivity index (χ3v) is 5.98. The van der Waals surface area contributed by atoms with Crippen molar-refractivity contribution in [2.24, 2.45) is 0 Å². The highest BCUT2D eigenvalue weighted by Gasteiger charge is 2.26. The molecule has 0 heterocycles. The summed E-state index contributed by atoms with van der Waals surface area (Å²) < 4.78 is 11.7. The van der Waals surface area contributed by atoms with Crippen molar-refractivity contribution in [3.63, 3.8) is 0 Å². The van der Waals surface area contributed by atoms with Crippen LogP contribution in [-0.2, 0) is 9.36 Å². The minimum absolute atomic E-state index is 0.476. The Morgan fingerprint density at radius 3 is 1.85 bits per heavy atom. The molecule has 0 saturated carbocycles. The van der Waals surface area contributed by atoms with Gasteiger partial charge in [0.2, 0.25) is 0 Å². The summed E-state index contributed by atoms with van der Waals surface area (Å²) in [5, 5.41) is 20.1. The Labute approximate surface area is 166 Å². The molecule has 0 aromatic carbocycles. The third kappa shape index (κ3) is 18.4. The van der Waals surface area contributed by atoms with Gasteiger partial charge in [-0.15, -0.1) is 0 Å². The molecule has 0 fully saturated rings. The molecular formula is C21H41NO4P+. The van der Waals surface area contributed by atoms with Crippen molar-refractivity contribution in [1.82, 2.24) is 5.09 Å². The summed E-state index contributed by atoms with van der Waals surface area (Å²) in [6.45, 7) is 1.71. The van der Waals surface area contributed by atoms with Crippen LogP contribution in [-0.4, -0.2) is 35.0 Å². The summed E-state index contributed by atoms with van der Waals surface area (Å²) in [4.78, 5) is 10.7. The molecule has 3 N–H and O–H groups in total. The monoisotopic (exact) mass is 402 g/mol. The second-order valence-corrected chi connectivity index (χ2v) is 8.70. The summed E-state index contributed by atoms with van der Waals surface area (Å²) in [5.41, 5.74) is 0. The maximum absolute atomic E-state index is 11.7. The predicted molar refractivity (Wildman–Crippen MR) is 114 cm³/mol. The maximum Gasteiger partial charge on any atom is 0.432 e. The number of hydrogen-bond acceptors (Lipinski definition) is 3. The minimum Gasteiger partial charge on any atom is -0.480 e. The smallest absolute Gasteiger partial charge is 0.432 e. The van der Waals surface area contributed by atoms with Crippen LogP contribution in [0.4, 0.5) is 0 Å². The molecule has 0 bridgehead atoms. The lowest BCUT2D eigenvalue weighted by Crippen LogP contribution is -2.35. The number of aliphatic carboxylic acids is 1. The number of aliphatic hydroxyl groups excluding tert-OH is 1. The number of hydrogen-bond donors (Lipinski definition) is 3. The molecule has 0 rings (SSSR count). The van der Waals surface area contributed by atoms with E-state index in [0.717, 1.165) is 19.3 Å². The fourth-order valence-corrected chi connectivity index (χ4v) is 4.10. The quantitative estimate of drug-likeness (QED) is 0.136. The van der Waals surface area contributed by atoms with Gasteiger partial charge in [0.05, 0.1) is 6.61 Å². The van der Waals surface area contributed by atoms with Crippen LogP contribution in [0.3, 0.4) is 0 Å². The van der Waals surface area contributed by atoms with Crippen LogP contribution in [0.2, 0.25) is 0 Å². The molecule has 5 nitrogen and oxygen atoms in total. The fraction of sp³-hybridized carbons (Fsp3) is 0.857. The van der Waals surface area contributed by atoms with E-state index in [4.69, 9.17) is 10.2 Å². The first kappa shape index (κ1) is 26.2. The summed E-state index contributed by atoms with van der Waals surface area (Å²) in [6, 6.07) is -1.12. The van der Waals surface area contributed by atoms with Crippen LogP contribution in [0.25, 0.3) is 0 Å². The number of allylic oxidation sites excluding steroid dienone is 2. The van der Waals surface area contributed by atoms with Crippen LogP contribution >= 0.6 is 7.95 Å². The van der Waals surface area contributed by atoms with Crippen LogP contribution in [0.5, 0.6) is 0 Å². The van der Waals surface area contributed by atoms with E-state index < -0.39 is 26.6 Å². The molecule has 0 aliphatic rings. The number of carboxylic acids is 1. The predicted octanol–water partition coefficient (Wildman–Crippen LogP) is 5.80. The second-order valence-electron chi connectivity index (χ2n) is 7.24. The number of rotatable bonds is 20. The van der Waals surface area contributed by atoms with Crippen molar-refractivity contribution in [3.05, 3.63) is 12.2 Å². The van der Waals surface area contributed by atoms with E-state index in [1.165, 1.54) is 70.6 Å². The zero-order valence-electron chi connectivity index (χ0n) is 17.2. The number of aliphatic hydroxyl groups is 1. The van der Waals surface area contributed by atoms with Crippen LogP contribution in [0.1, 0.15) is 96.8 Å². The first-order valence-electron chi connectivity index (χ1n) is 10.8. The lowest BCUT2D eigenvalue weighted by Gasteiger charge is -2.03. The fourth-order valence-electron chi connectivity index (χ4n) is 2.92. The zero-order chi connectivity index (χ0) is 20.2. The minimum atomic E-state index is -1.75. The van der Waals surface area contributed by atoms with Gasteiger partial charge in [-0.25, -0.2) is 0 Å². The van der Waals surface area contributed by atoms with Gasteiger partial charge in [0.15, 0.2) is 12.2 Å². The van der Waals surface area contributed by atoms with Crippen LogP contribution in [0.15, 0.2) is 12.2 Å². The van der Waals surface area contributed by atoms with Crippen molar-refractivity contribution >= 4 is 13.9 Å². The van der Waals surface area contributed by atoms with E-state index in [0.29, 0.717) is 6.16 Å². The molecule has 0 aliphatic carbocycles. The lowest BCUT2D eigenvalue weighted by molar-refractivity contribution is -0.139. The topological polar surface area (TPSA) is 86.6 Å². The van der Waals surface area contributed by atoms with Crippen molar-refractivity contribution in [3.8, 4) is 0 Å². The van der Waals surface area contributed by atoms with E-state index in [9.17, 15) is 9.36 Å². The van der Waals surface area contributed by atoms with Crippen molar-refractivity contribution in [2.45, 2.75) is 103 Å². The summed E-state index contributed by atoms with van der Waals surface area (Å²) in [6.07, 6.45) is 22.3. The Bertz CT molecular complexity index is 402. The van der Waals surface area contributed by atoms with E-state index in [-0.39, 0.29) is 0 Å². The molecule has 0 aromatic rings. The van der Waals surface area contributed by atoms with Gasteiger partial charge in [-0.1, -0.05) is 80.1 Å². The number of carboxylic acid groups (broad SMARTS) is 1. The van der Waals surface area contributed by atoms with Crippen LogP contribution < -0.4 is 5.09 Å². The Hall–Kier alpha value is -0.770. The Morgan fingerprint density at radius 2 is 1.37 bits per heavy atom. The van der Waals surface area contributed by atoms with Gasteiger partial charge in [-0.3, -0.25) is 4.79 Å². The van der Waals surface area contributed by atoms with Crippen molar-refractivity contribution in [1.29, 1.82) is 0 Å². The summed E-state index contributed by atoms with van der Waals surface area (Å²) in [5.74, 6) is -1.16. The third-order valence-electron chi connectivity index (χ3n) is 4.65. The Morgan fingerprint density at radius 1 is 0.889 bits per heavy atom. The molecule has 0 aliphatic heterocycles. The van der Waals surface area contributed by atoms with Gasteiger partial charge in [-0.2, -0.15) is 0 Å². The highest BCUT2D eigenvalue weighted by atomic mass is 31.1. The zero-order valence-corrected chi connectivity index (χ0v) is 18.1. The van der Waals surface area contributed by atoms with Gasteiger partial charge >= 0.3 is 13.9 Å². The van der Waals surface area contributed by atoms with Gasteiger partial charge in [0, 0.05) is 0 Å². The van der Waals surface area contributed by atoms with Gasteiger partial charge in [0.1, 0.15) is 0 Å². The molecule has 0 aromatic heterocycles.